The average Bonchev–Trinajstić information content (AvgIpc) is 2.30. The monoisotopic (exact) mass is 374 g/mol. The summed E-state index contributed by atoms with van der Waals surface area (Å²) in [6, 6.07) is 8.72. The number of hydrogen-bond acceptors (Lipinski definition) is 2. The lowest BCUT2D eigenvalue weighted by molar-refractivity contribution is 0.622. The molecule has 92 valence electrons. The van der Waals surface area contributed by atoms with Gasteiger partial charge in [-0.1, -0.05) is 31.9 Å². The number of hydrogen-bond donors (Lipinski definition) is 0. The van der Waals surface area contributed by atoms with E-state index >= 15 is 0 Å². The molecule has 6 heteroatoms. The van der Waals surface area contributed by atoms with Gasteiger partial charge in [-0.05, 0) is 36.4 Å². The third-order valence-electron chi connectivity index (χ3n) is 2.08. The van der Waals surface area contributed by atoms with Crippen LogP contribution in [-0.4, -0.2) is 0 Å². The normalized spacial score (nSPS) is 11.1. The Morgan fingerprint density at radius 2 is 1.11 bits per heavy atom. The standard InChI is InChI=1S/C12H6Br2F2N2/c13-7-1-3-11(9(15)5-7)17-18-12-4-2-8(14)6-10(12)16/h1-6H. The first-order chi connectivity index (χ1) is 8.56. The minimum absolute atomic E-state index is 0.0560. The zero-order valence-corrected chi connectivity index (χ0v) is 12.0. The molecular weight excluding hydrogens is 370 g/mol. The Kier molecular flexibility index (Phi) is 4.19. The van der Waals surface area contributed by atoms with E-state index in [9.17, 15) is 8.78 Å². The lowest BCUT2D eigenvalue weighted by Crippen LogP contribution is -1.77. The van der Waals surface area contributed by atoms with Crippen molar-refractivity contribution < 1.29 is 8.78 Å². The molecule has 0 spiro atoms. The number of rotatable bonds is 2. The largest absolute Gasteiger partial charge is 0.205 e. The van der Waals surface area contributed by atoms with Crippen LogP contribution < -0.4 is 0 Å². The summed E-state index contributed by atoms with van der Waals surface area (Å²) < 4.78 is 28.1. The molecule has 2 aromatic rings. The van der Waals surface area contributed by atoms with Crippen LogP contribution in [0.2, 0.25) is 0 Å². The van der Waals surface area contributed by atoms with Gasteiger partial charge in [0.1, 0.15) is 11.4 Å². The van der Waals surface area contributed by atoms with Crippen molar-refractivity contribution in [3.63, 3.8) is 0 Å². The third kappa shape index (κ3) is 3.20. The molecule has 0 aliphatic carbocycles. The molecule has 0 aliphatic rings. The van der Waals surface area contributed by atoms with E-state index in [0.29, 0.717) is 8.95 Å². The fourth-order valence-electron chi connectivity index (χ4n) is 1.23. The van der Waals surface area contributed by atoms with Crippen molar-refractivity contribution in [2.75, 3.05) is 0 Å². The van der Waals surface area contributed by atoms with Crippen LogP contribution in [0.1, 0.15) is 0 Å². The van der Waals surface area contributed by atoms with Gasteiger partial charge in [0.15, 0.2) is 11.6 Å². The first kappa shape index (κ1) is 13.3. The molecule has 0 saturated heterocycles. The van der Waals surface area contributed by atoms with Crippen molar-refractivity contribution in [3.05, 3.63) is 57.0 Å². The predicted molar refractivity (Wildman–Crippen MR) is 72.4 cm³/mol. The number of nitrogens with zero attached hydrogens (tertiary/aromatic N) is 2. The van der Waals surface area contributed by atoms with Crippen LogP contribution in [0.5, 0.6) is 0 Å². The first-order valence-corrected chi connectivity index (χ1v) is 6.47. The molecule has 0 atom stereocenters. The molecule has 0 unspecified atom stereocenters. The van der Waals surface area contributed by atoms with E-state index in [1.807, 2.05) is 0 Å². The van der Waals surface area contributed by atoms with Crippen molar-refractivity contribution in [2.24, 2.45) is 10.2 Å². The molecule has 0 saturated carbocycles. The second kappa shape index (κ2) is 5.67. The number of benzene rings is 2. The first-order valence-electron chi connectivity index (χ1n) is 4.88. The lowest BCUT2D eigenvalue weighted by atomic mass is 10.3. The highest BCUT2D eigenvalue weighted by atomic mass is 79.9. The summed E-state index contributed by atoms with van der Waals surface area (Å²) in [5.74, 6) is -1.05. The fraction of sp³-hybridized carbons (Fsp3) is 0. The maximum Gasteiger partial charge on any atom is 0.151 e. The molecular formula is C12H6Br2F2N2. The minimum atomic E-state index is -0.523. The smallest absolute Gasteiger partial charge is 0.151 e. The van der Waals surface area contributed by atoms with Gasteiger partial charge in [-0.25, -0.2) is 8.78 Å². The molecule has 0 fully saturated rings. The SMILES string of the molecule is Fc1cc(Br)ccc1N=Nc1ccc(Br)cc1F. The highest BCUT2D eigenvalue weighted by Gasteiger charge is 2.03. The van der Waals surface area contributed by atoms with Gasteiger partial charge >= 0.3 is 0 Å². The van der Waals surface area contributed by atoms with Crippen LogP contribution in [0, 0.1) is 11.6 Å². The highest BCUT2D eigenvalue weighted by molar-refractivity contribution is 9.10. The van der Waals surface area contributed by atoms with Crippen LogP contribution in [0.15, 0.2) is 55.6 Å². The van der Waals surface area contributed by atoms with Crippen LogP contribution in [0.3, 0.4) is 0 Å². The summed E-state index contributed by atoms with van der Waals surface area (Å²) in [5, 5.41) is 7.36. The predicted octanol–water partition coefficient (Wildman–Crippen LogP) is 5.91. The Balaban J connectivity index is 2.30. The third-order valence-corrected chi connectivity index (χ3v) is 3.07. The van der Waals surface area contributed by atoms with E-state index in [4.69, 9.17) is 0 Å². The molecule has 2 aromatic carbocycles. The summed E-state index contributed by atoms with van der Waals surface area (Å²) in [5.41, 5.74) is 0.112. The van der Waals surface area contributed by atoms with Gasteiger partial charge in [0.05, 0.1) is 0 Å². The van der Waals surface area contributed by atoms with Crippen molar-refractivity contribution in [2.45, 2.75) is 0 Å². The highest BCUT2D eigenvalue weighted by Crippen LogP contribution is 2.26. The van der Waals surface area contributed by atoms with Crippen LogP contribution in [0.4, 0.5) is 20.2 Å². The Morgan fingerprint density at radius 3 is 1.44 bits per heavy atom. The van der Waals surface area contributed by atoms with Gasteiger partial charge in [0.2, 0.25) is 0 Å². The maximum atomic E-state index is 13.4. The van der Waals surface area contributed by atoms with E-state index in [2.05, 4.69) is 42.1 Å². The lowest BCUT2D eigenvalue weighted by Gasteiger charge is -1.98. The van der Waals surface area contributed by atoms with Gasteiger partial charge < -0.3 is 0 Å². The minimum Gasteiger partial charge on any atom is -0.205 e. The van der Waals surface area contributed by atoms with Gasteiger partial charge in [-0.2, -0.15) is 0 Å². The molecule has 0 radical (unpaired) electrons. The Bertz CT molecular complexity index is 562. The average molecular weight is 376 g/mol. The second-order valence-electron chi connectivity index (χ2n) is 3.39. The topological polar surface area (TPSA) is 24.7 Å². The van der Waals surface area contributed by atoms with Crippen LogP contribution >= 0.6 is 31.9 Å². The second-order valence-corrected chi connectivity index (χ2v) is 5.22. The Labute approximate surface area is 119 Å². The quantitative estimate of drug-likeness (QED) is 0.583. The molecule has 0 aromatic heterocycles. The van der Waals surface area contributed by atoms with E-state index < -0.39 is 11.6 Å². The molecule has 18 heavy (non-hydrogen) atoms. The van der Waals surface area contributed by atoms with Gasteiger partial charge in [0.25, 0.3) is 0 Å². The van der Waals surface area contributed by atoms with Crippen molar-refractivity contribution in [1.82, 2.24) is 0 Å². The van der Waals surface area contributed by atoms with E-state index in [1.54, 1.807) is 12.1 Å². The molecule has 0 bridgehead atoms. The Morgan fingerprint density at radius 1 is 0.722 bits per heavy atom. The van der Waals surface area contributed by atoms with Crippen molar-refractivity contribution in [3.8, 4) is 0 Å². The summed E-state index contributed by atoms with van der Waals surface area (Å²) in [7, 11) is 0. The molecule has 0 amide bonds. The molecule has 2 nitrogen and oxygen atoms in total. The summed E-state index contributed by atoms with van der Waals surface area (Å²) >= 11 is 6.27. The van der Waals surface area contributed by atoms with E-state index in [0.717, 1.165) is 0 Å². The molecule has 0 N–H and O–H groups in total. The van der Waals surface area contributed by atoms with Gasteiger partial charge in [0, 0.05) is 8.95 Å². The van der Waals surface area contributed by atoms with Crippen molar-refractivity contribution >= 4 is 43.2 Å². The summed E-state index contributed by atoms with van der Waals surface area (Å²) in [6.45, 7) is 0. The number of halogens is 4. The summed E-state index contributed by atoms with van der Waals surface area (Å²) in [4.78, 5) is 0. The number of azo groups is 1. The van der Waals surface area contributed by atoms with E-state index in [1.165, 1.54) is 24.3 Å². The van der Waals surface area contributed by atoms with Crippen LogP contribution in [0.25, 0.3) is 0 Å². The van der Waals surface area contributed by atoms with Crippen molar-refractivity contribution in [1.29, 1.82) is 0 Å². The fourth-order valence-corrected chi connectivity index (χ4v) is 1.90. The van der Waals surface area contributed by atoms with E-state index in [-0.39, 0.29) is 11.4 Å². The molecule has 0 aliphatic heterocycles. The Hall–Kier alpha value is -1.14. The summed E-state index contributed by atoms with van der Waals surface area (Å²) in [6.07, 6.45) is 0. The van der Waals surface area contributed by atoms with Gasteiger partial charge in [-0.3, -0.25) is 0 Å². The van der Waals surface area contributed by atoms with Crippen LogP contribution in [-0.2, 0) is 0 Å². The molecule has 2 rings (SSSR count). The molecule has 0 heterocycles. The van der Waals surface area contributed by atoms with Gasteiger partial charge in [-0.15, -0.1) is 10.2 Å². The zero-order chi connectivity index (χ0) is 13.1. The maximum absolute atomic E-state index is 13.4. The zero-order valence-electron chi connectivity index (χ0n) is 8.87.